The minimum atomic E-state index is -0.948. The average Bonchev–Trinajstić information content (AvgIpc) is 2.40. The zero-order chi connectivity index (χ0) is 15.8. The van der Waals surface area contributed by atoms with Crippen molar-refractivity contribution >= 4 is 17.7 Å². The molecule has 2 N–H and O–H groups in total. The van der Waals surface area contributed by atoms with E-state index in [1.165, 1.54) is 4.90 Å². The predicted octanol–water partition coefficient (Wildman–Crippen LogP) is 2.40. The van der Waals surface area contributed by atoms with E-state index < -0.39 is 5.97 Å². The van der Waals surface area contributed by atoms with Crippen LogP contribution in [0.5, 0.6) is 0 Å². The van der Waals surface area contributed by atoms with Crippen LogP contribution in [-0.4, -0.2) is 29.7 Å². The first-order valence-electron chi connectivity index (χ1n) is 6.74. The van der Waals surface area contributed by atoms with Crippen LogP contribution in [-0.2, 0) is 4.79 Å². The molecule has 0 fully saturated rings. The van der Waals surface area contributed by atoms with Gasteiger partial charge in [-0.05, 0) is 26.0 Å². The molecule has 1 unspecified atom stereocenters. The summed E-state index contributed by atoms with van der Waals surface area (Å²) >= 11 is 0. The Labute approximate surface area is 125 Å². The standard InChI is InChI=1S/C16H20N2O3/c1-4-5-13(3)17-16(21)18(11-10-15(19)20)14-8-6-12(2)7-9-14/h1,6-9,13H,5,10-11H2,2-3H3,(H,17,21)(H,19,20). The van der Waals surface area contributed by atoms with E-state index in [9.17, 15) is 9.59 Å². The molecule has 21 heavy (non-hydrogen) atoms. The van der Waals surface area contributed by atoms with Crippen LogP contribution < -0.4 is 10.2 Å². The topological polar surface area (TPSA) is 69.6 Å². The molecule has 5 heteroatoms. The molecule has 0 saturated heterocycles. The number of rotatable bonds is 6. The van der Waals surface area contributed by atoms with Crippen LogP contribution in [0.25, 0.3) is 0 Å². The summed E-state index contributed by atoms with van der Waals surface area (Å²) in [5.74, 6) is 1.53. The Morgan fingerprint density at radius 3 is 2.52 bits per heavy atom. The van der Waals surface area contributed by atoms with Gasteiger partial charge in [0.05, 0.1) is 6.42 Å². The molecule has 1 rings (SSSR count). The predicted molar refractivity (Wildman–Crippen MR) is 82.2 cm³/mol. The van der Waals surface area contributed by atoms with Crippen molar-refractivity contribution in [3.05, 3.63) is 29.8 Å². The van der Waals surface area contributed by atoms with E-state index in [-0.39, 0.29) is 25.0 Å². The summed E-state index contributed by atoms with van der Waals surface area (Å²) in [6.45, 7) is 3.86. The highest BCUT2D eigenvalue weighted by molar-refractivity contribution is 5.92. The van der Waals surface area contributed by atoms with Gasteiger partial charge in [0, 0.05) is 24.7 Å². The van der Waals surface area contributed by atoms with Crippen molar-refractivity contribution in [3.63, 3.8) is 0 Å². The zero-order valence-corrected chi connectivity index (χ0v) is 12.3. The van der Waals surface area contributed by atoms with Gasteiger partial charge in [-0.1, -0.05) is 17.7 Å². The molecule has 0 bridgehead atoms. The highest BCUT2D eigenvalue weighted by Gasteiger charge is 2.18. The molecule has 0 aromatic heterocycles. The number of nitrogens with one attached hydrogen (secondary N) is 1. The summed E-state index contributed by atoms with van der Waals surface area (Å²) in [5.41, 5.74) is 1.73. The van der Waals surface area contributed by atoms with Gasteiger partial charge in [-0.3, -0.25) is 9.69 Å². The summed E-state index contributed by atoms with van der Waals surface area (Å²) in [7, 11) is 0. The lowest BCUT2D eigenvalue weighted by molar-refractivity contribution is -0.136. The van der Waals surface area contributed by atoms with E-state index in [0.717, 1.165) is 5.56 Å². The summed E-state index contributed by atoms with van der Waals surface area (Å²) in [6, 6.07) is 6.83. The van der Waals surface area contributed by atoms with Gasteiger partial charge >= 0.3 is 12.0 Å². The molecule has 0 heterocycles. The summed E-state index contributed by atoms with van der Waals surface area (Å²) in [4.78, 5) is 24.4. The lowest BCUT2D eigenvalue weighted by Gasteiger charge is -2.24. The number of carboxylic acid groups (broad SMARTS) is 1. The first-order chi connectivity index (χ1) is 9.93. The number of amides is 2. The summed E-state index contributed by atoms with van der Waals surface area (Å²) in [5, 5.41) is 11.6. The van der Waals surface area contributed by atoms with E-state index >= 15 is 0 Å². The number of carboxylic acids is 1. The minimum absolute atomic E-state index is 0.104. The van der Waals surface area contributed by atoms with Crippen molar-refractivity contribution in [1.29, 1.82) is 0 Å². The maximum atomic E-state index is 12.3. The van der Waals surface area contributed by atoms with Gasteiger partial charge in [-0.2, -0.15) is 0 Å². The molecule has 1 aromatic carbocycles. The van der Waals surface area contributed by atoms with E-state index in [1.54, 1.807) is 12.1 Å². The number of aliphatic carboxylic acids is 1. The third-order valence-electron chi connectivity index (χ3n) is 2.93. The van der Waals surface area contributed by atoms with E-state index in [2.05, 4.69) is 11.2 Å². The van der Waals surface area contributed by atoms with Crippen LogP contribution >= 0.6 is 0 Å². The third-order valence-corrected chi connectivity index (χ3v) is 2.93. The molecule has 0 aliphatic carbocycles. The van der Waals surface area contributed by atoms with Gasteiger partial charge < -0.3 is 10.4 Å². The number of aryl methyl sites for hydroxylation is 1. The second-order valence-corrected chi connectivity index (χ2v) is 4.89. The Bertz CT molecular complexity index is 531. The monoisotopic (exact) mass is 288 g/mol. The molecule has 0 aliphatic rings. The lowest BCUT2D eigenvalue weighted by atomic mass is 10.2. The van der Waals surface area contributed by atoms with E-state index in [4.69, 9.17) is 11.5 Å². The Morgan fingerprint density at radius 2 is 2.00 bits per heavy atom. The van der Waals surface area contributed by atoms with Gasteiger partial charge in [0.25, 0.3) is 0 Å². The van der Waals surface area contributed by atoms with Gasteiger partial charge in [0.1, 0.15) is 0 Å². The van der Waals surface area contributed by atoms with Crippen molar-refractivity contribution < 1.29 is 14.7 Å². The lowest BCUT2D eigenvalue weighted by Crippen LogP contribution is -2.44. The van der Waals surface area contributed by atoms with Crippen LogP contribution in [0.2, 0.25) is 0 Å². The first kappa shape index (κ1) is 16.6. The average molecular weight is 288 g/mol. The molecular formula is C16H20N2O3. The second-order valence-electron chi connectivity index (χ2n) is 4.89. The normalized spacial score (nSPS) is 11.3. The SMILES string of the molecule is C#CCC(C)NC(=O)N(CCC(=O)O)c1ccc(C)cc1. The molecule has 0 radical (unpaired) electrons. The van der Waals surface area contributed by atoms with Gasteiger partial charge in [-0.25, -0.2) is 4.79 Å². The van der Waals surface area contributed by atoms with Gasteiger partial charge in [-0.15, -0.1) is 12.3 Å². The smallest absolute Gasteiger partial charge is 0.322 e. The number of urea groups is 1. The van der Waals surface area contributed by atoms with Crippen LogP contribution in [0.4, 0.5) is 10.5 Å². The fourth-order valence-corrected chi connectivity index (χ4v) is 1.80. The molecule has 112 valence electrons. The summed E-state index contributed by atoms with van der Waals surface area (Å²) in [6.07, 6.45) is 5.52. The van der Waals surface area contributed by atoms with Crippen molar-refractivity contribution in [2.75, 3.05) is 11.4 Å². The Hall–Kier alpha value is -2.48. The number of carbonyl (C=O) groups is 2. The number of nitrogens with zero attached hydrogens (tertiary/aromatic N) is 1. The molecule has 0 saturated carbocycles. The highest BCUT2D eigenvalue weighted by atomic mass is 16.4. The molecule has 5 nitrogen and oxygen atoms in total. The largest absolute Gasteiger partial charge is 0.481 e. The summed E-state index contributed by atoms with van der Waals surface area (Å²) < 4.78 is 0. The van der Waals surface area contributed by atoms with Crippen LogP contribution in [0.1, 0.15) is 25.3 Å². The van der Waals surface area contributed by atoms with Crippen molar-refractivity contribution in [2.24, 2.45) is 0 Å². The third kappa shape index (κ3) is 5.57. The Balaban J connectivity index is 2.86. The molecule has 1 aromatic rings. The highest BCUT2D eigenvalue weighted by Crippen LogP contribution is 2.16. The van der Waals surface area contributed by atoms with Gasteiger partial charge in [0.2, 0.25) is 0 Å². The number of anilines is 1. The van der Waals surface area contributed by atoms with Crippen molar-refractivity contribution in [1.82, 2.24) is 5.32 Å². The van der Waals surface area contributed by atoms with Crippen LogP contribution in [0.15, 0.2) is 24.3 Å². The zero-order valence-electron chi connectivity index (χ0n) is 12.3. The molecule has 2 amide bonds. The fourth-order valence-electron chi connectivity index (χ4n) is 1.80. The molecule has 0 aliphatic heterocycles. The van der Waals surface area contributed by atoms with Crippen LogP contribution in [0, 0.1) is 19.3 Å². The maximum absolute atomic E-state index is 12.3. The van der Waals surface area contributed by atoms with Crippen molar-refractivity contribution in [3.8, 4) is 12.3 Å². The first-order valence-corrected chi connectivity index (χ1v) is 6.74. The minimum Gasteiger partial charge on any atom is -0.481 e. The van der Waals surface area contributed by atoms with Crippen LogP contribution in [0.3, 0.4) is 0 Å². The Morgan fingerprint density at radius 1 is 1.38 bits per heavy atom. The van der Waals surface area contributed by atoms with E-state index in [0.29, 0.717) is 12.1 Å². The second kappa shape index (κ2) is 7.95. The number of carbonyl (C=O) groups excluding carboxylic acids is 1. The molecule has 0 spiro atoms. The molecule has 1 atom stereocenters. The Kier molecular flexibility index (Phi) is 6.28. The number of benzene rings is 1. The number of hydrogen-bond acceptors (Lipinski definition) is 2. The van der Waals surface area contributed by atoms with E-state index in [1.807, 2.05) is 26.0 Å². The van der Waals surface area contributed by atoms with Gasteiger partial charge in [0.15, 0.2) is 0 Å². The number of terminal acetylenes is 1. The van der Waals surface area contributed by atoms with Crippen molar-refractivity contribution in [2.45, 2.75) is 32.7 Å². The molecular weight excluding hydrogens is 268 g/mol. The quantitative estimate of drug-likeness (QED) is 0.790. The maximum Gasteiger partial charge on any atom is 0.322 e. The number of hydrogen-bond donors (Lipinski definition) is 2. The fraction of sp³-hybridized carbons (Fsp3) is 0.375.